The van der Waals surface area contributed by atoms with Crippen LogP contribution in [0.15, 0.2) is 30.5 Å². The van der Waals surface area contributed by atoms with Crippen LogP contribution in [-0.2, 0) is 6.54 Å². The number of fused-ring (bicyclic) bond motifs is 1. The lowest BCUT2D eigenvalue weighted by atomic mass is 10.2. The highest BCUT2D eigenvalue weighted by Gasteiger charge is 2.22. The molecule has 1 aliphatic carbocycles. The lowest BCUT2D eigenvalue weighted by molar-refractivity contribution is 0.344. The van der Waals surface area contributed by atoms with Crippen molar-refractivity contribution in [3.05, 3.63) is 30.5 Å². The second-order valence-electron chi connectivity index (χ2n) is 4.53. The van der Waals surface area contributed by atoms with Crippen molar-refractivity contribution in [2.75, 3.05) is 6.61 Å². The van der Waals surface area contributed by atoms with E-state index in [9.17, 15) is 0 Å². The maximum absolute atomic E-state index is 5.64. The Morgan fingerprint density at radius 2 is 2.19 bits per heavy atom. The van der Waals surface area contributed by atoms with E-state index >= 15 is 0 Å². The van der Waals surface area contributed by atoms with Crippen molar-refractivity contribution in [1.82, 2.24) is 4.57 Å². The zero-order chi connectivity index (χ0) is 11.0. The van der Waals surface area contributed by atoms with E-state index in [1.165, 1.54) is 30.3 Å². The van der Waals surface area contributed by atoms with Crippen molar-refractivity contribution in [3.63, 3.8) is 0 Å². The molecule has 0 bridgehead atoms. The van der Waals surface area contributed by atoms with Crippen LogP contribution in [0.1, 0.15) is 19.8 Å². The summed E-state index contributed by atoms with van der Waals surface area (Å²) in [5.74, 6) is 1.92. The van der Waals surface area contributed by atoms with Crippen LogP contribution in [-0.4, -0.2) is 11.2 Å². The molecule has 0 aliphatic heterocycles. The first-order valence-corrected chi connectivity index (χ1v) is 6.09. The first-order valence-electron chi connectivity index (χ1n) is 6.09. The molecule has 2 nitrogen and oxygen atoms in total. The van der Waals surface area contributed by atoms with Gasteiger partial charge in [0.1, 0.15) is 5.75 Å². The van der Waals surface area contributed by atoms with Gasteiger partial charge in [0.25, 0.3) is 0 Å². The summed E-state index contributed by atoms with van der Waals surface area (Å²) in [5.41, 5.74) is 1.30. The molecular formula is C14H17NO. The largest absolute Gasteiger partial charge is 0.493 e. The van der Waals surface area contributed by atoms with Gasteiger partial charge < -0.3 is 9.30 Å². The summed E-state index contributed by atoms with van der Waals surface area (Å²) in [4.78, 5) is 0. The summed E-state index contributed by atoms with van der Waals surface area (Å²) in [7, 11) is 0. The summed E-state index contributed by atoms with van der Waals surface area (Å²) in [6, 6.07) is 8.48. The zero-order valence-corrected chi connectivity index (χ0v) is 9.65. The number of benzene rings is 1. The second-order valence-corrected chi connectivity index (χ2v) is 4.53. The predicted octanol–water partition coefficient (Wildman–Crippen LogP) is 3.45. The van der Waals surface area contributed by atoms with Gasteiger partial charge in [-0.25, -0.2) is 0 Å². The Kier molecular flexibility index (Phi) is 2.35. The van der Waals surface area contributed by atoms with Crippen LogP contribution in [0.4, 0.5) is 0 Å². The van der Waals surface area contributed by atoms with E-state index < -0.39 is 0 Å². The molecule has 1 heterocycles. The lowest BCUT2D eigenvalue weighted by Crippen LogP contribution is -1.97. The van der Waals surface area contributed by atoms with E-state index in [4.69, 9.17) is 4.74 Å². The molecule has 1 aromatic carbocycles. The molecule has 1 aromatic heterocycles. The minimum Gasteiger partial charge on any atom is -0.493 e. The molecule has 84 valence electrons. The van der Waals surface area contributed by atoms with Crippen molar-refractivity contribution < 1.29 is 4.74 Å². The van der Waals surface area contributed by atoms with Crippen LogP contribution in [0.3, 0.4) is 0 Å². The van der Waals surface area contributed by atoms with Gasteiger partial charge in [-0.1, -0.05) is 6.07 Å². The Balaban J connectivity index is 2.01. The maximum Gasteiger partial charge on any atom is 0.128 e. The van der Waals surface area contributed by atoms with Gasteiger partial charge in [0, 0.05) is 18.1 Å². The fraction of sp³-hybridized carbons (Fsp3) is 0.429. The molecule has 0 saturated heterocycles. The number of nitrogens with zero attached hydrogens (tertiary/aromatic N) is 1. The zero-order valence-electron chi connectivity index (χ0n) is 9.65. The van der Waals surface area contributed by atoms with Crippen molar-refractivity contribution in [3.8, 4) is 5.75 Å². The summed E-state index contributed by atoms with van der Waals surface area (Å²) in [5, 5.41) is 1.24. The first-order chi connectivity index (χ1) is 7.88. The molecule has 3 rings (SSSR count). The Morgan fingerprint density at radius 3 is 2.94 bits per heavy atom. The van der Waals surface area contributed by atoms with Gasteiger partial charge in [-0.15, -0.1) is 0 Å². The highest BCUT2D eigenvalue weighted by Crippen LogP contribution is 2.33. The van der Waals surface area contributed by atoms with Crippen LogP contribution in [0.2, 0.25) is 0 Å². The van der Waals surface area contributed by atoms with E-state index in [1.54, 1.807) is 0 Å². The van der Waals surface area contributed by atoms with Crippen LogP contribution in [0, 0.1) is 5.92 Å². The number of aromatic nitrogens is 1. The summed E-state index contributed by atoms with van der Waals surface area (Å²) in [6.45, 7) is 3.92. The molecule has 1 aliphatic rings. The number of ether oxygens (including phenoxy) is 1. The average Bonchev–Trinajstić information content (AvgIpc) is 3.01. The van der Waals surface area contributed by atoms with Crippen molar-refractivity contribution >= 4 is 10.9 Å². The third-order valence-electron chi connectivity index (χ3n) is 3.23. The molecule has 0 amide bonds. The highest BCUT2D eigenvalue weighted by atomic mass is 16.5. The Hall–Kier alpha value is -1.44. The van der Waals surface area contributed by atoms with Crippen LogP contribution >= 0.6 is 0 Å². The standard InChI is InChI=1S/C14H17NO/c1-2-16-14-5-3-4-13-12(14)8-9-15(13)10-11-6-7-11/h3-5,8-9,11H,2,6-7,10H2,1H3. The Labute approximate surface area is 95.8 Å². The SMILES string of the molecule is CCOc1cccc2c1ccn2CC1CC1. The highest BCUT2D eigenvalue weighted by molar-refractivity contribution is 5.86. The molecule has 16 heavy (non-hydrogen) atoms. The quantitative estimate of drug-likeness (QED) is 0.762. The molecule has 0 radical (unpaired) electrons. The lowest BCUT2D eigenvalue weighted by Gasteiger charge is -2.07. The average molecular weight is 215 g/mol. The summed E-state index contributed by atoms with van der Waals surface area (Å²) >= 11 is 0. The van der Waals surface area contributed by atoms with Gasteiger partial charge in [0.05, 0.1) is 12.1 Å². The van der Waals surface area contributed by atoms with E-state index in [1.807, 2.05) is 13.0 Å². The molecule has 0 N–H and O–H groups in total. The normalized spacial score (nSPS) is 15.6. The third-order valence-corrected chi connectivity index (χ3v) is 3.23. The minimum absolute atomic E-state index is 0.729. The van der Waals surface area contributed by atoms with Crippen molar-refractivity contribution in [2.24, 2.45) is 5.92 Å². The third kappa shape index (κ3) is 1.69. The Morgan fingerprint density at radius 1 is 1.31 bits per heavy atom. The van der Waals surface area contributed by atoms with Crippen LogP contribution < -0.4 is 4.74 Å². The van der Waals surface area contributed by atoms with Crippen LogP contribution in [0.25, 0.3) is 10.9 Å². The van der Waals surface area contributed by atoms with Gasteiger partial charge >= 0.3 is 0 Å². The van der Waals surface area contributed by atoms with Crippen molar-refractivity contribution in [1.29, 1.82) is 0 Å². The van der Waals surface area contributed by atoms with Gasteiger partial charge in [0.15, 0.2) is 0 Å². The molecular weight excluding hydrogens is 198 g/mol. The number of hydrogen-bond acceptors (Lipinski definition) is 1. The molecule has 1 saturated carbocycles. The van der Waals surface area contributed by atoms with Gasteiger partial charge in [-0.3, -0.25) is 0 Å². The summed E-state index contributed by atoms with van der Waals surface area (Å²) < 4.78 is 8.00. The van der Waals surface area contributed by atoms with Gasteiger partial charge in [-0.05, 0) is 43.9 Å². The molecule has 2 aromatic rings. The molecule has 0 spiro atoms. The van der Waals surface area contributed by atoms with E-state index in [2.05, 4.69) is 29.0 Å². The topological polar surface area (TPSA) is 14.2 Å². The smallest absolute Gasteiger partial charge is 0.128 e. The van der Waals surface area contributed by atoms with E-state index in [0.717, 1.165) is 18.3 Å². The minimum atomic E-state index is 0.729. The number of rotatable bonds is 4. The number of hydrogen-bond donors (Lipinski definition) is 0. The molecule has 2 heteroatoms. The van der Waals surface area contributed by atoms with E-state index in [-0.39, 0.29) is 0 Å². The second kappa shape index (κ2) is 3.85. The fourth-order valence-electron chi connectivity index (χ4n) is 2.21. The summed E-state index contributed by atoms with van der Waals surface area (Å²) in [6.07, 6.45) is 4.97. The van der Waals surface area contributed by atoms with Gasteiger partial charge in [-0.2, -0.15) is 0 Å². The molecule has 1 fully saturated rings. The molecule has 0 unspecified atom stereocenters. The van der Waals surface area contributed by atoms with Gasteiger partial charge in [0.2, 0.25) is 0 Å². The van der Waals surface area contributed by atoms with E-state index in [0.29, 0.717) is 0 Å². The first kappa shape index (κ1) is 9.76. The molecule has 0 atom stereocenters. The Bertz CT molecular complexity index is 496. The fourth-order valence-corrected chi connectivity index (χ4v) is 2.21. The predicted molar refractivity (Wildman–Crippen MR) is 65.8 cm³/mol. The monoisotopic (exact) mass is 215 g/mol. The van der Waals surface area contributed by atoms with Crippen molar-refractivity contribution in [2.45, 2.75) is 26.3 Å². The van der Waals surface area contributed by atoms with Crippen LogP contribution in [0.5, 0.6) is 5.75 Å². The maximum atomic E-state index is 5.64.